The Hall–Kier alpha value is -1.29. The number of carbonyl (C=O) groups excluding carboxylic acids is 2. The van der Waals surface area contributed by atoms with Crippen LogP contribution in [-0.4, -0.2) is 45.8 Å². The number of carbonyl (C=O) groups is 2. The first-order valence-electron chi connectivity index (χ1n) is 8.54. The molecule has 0 saturated carbocycles. The molecule has 1 aromatic rings. The van der Waals surface area contributed by atoms with Gasteiger partial charge in [0.2, 0.25) is 5.91 Å². The number of ether oxygens (including phenoxy) is 1. The van der Waals surface area contributed by atoms with Crippen molar-refractivity contribution < 1.29 is 19.4 Å². The van der Waals surface area contributed by atoms with E-state index in [9.17, 15) is 14.7 Å². The van der Waals surface area contributed by atoms with Gasteiger partial charge in [0.25, 0.3) is 3.91 Å². The molecule has 0 unspecified atom stereocenters. The Kier molecular flexibility index (Phi) is 8.39. The van der Waals surface area contributed by atoms with Crippen molar-refractivity contribution >= 4 is 32.4 Å². The Morgan fingerprint density at radius 3 is 2.15 bits per heavy atom. The van der Waals surface area contributed by atoms with E-state index in [1.54, 1.807) is 34.9 Å². The minimum absolute atomic E-state index is 0.0809. The molecule has 7 nitrogen and oxygen atoms in total. The predicted molar refractivity (Wildman–Crippen MR) is 110 cm³/mol. The van der Waals surface area contributed by atoms with Crippen LogP contribution in [0.5, 0.6) is 5.88 Å². The second-order valence-corrected chi connectivity index (χ2v) is 9.21. The molecule has 148 valence electrons. The zero-order valence-corrected chi connectivity index (χ0v) is 18.3. The molecule has 1 rings (SSSR count). The number of nitrogens with zero attached hydrogens (tertiary/aromatic N) is 1. The predicted octanol–water partition coefficient (Wildman–Crippen LogP) is 2.83. The van der Waals surface area contributed by atoms with E-state index >= 15 is 0 Å². The lowest BCUT2D eigenvalue weighted by Gasteiger charge is -2.29. The molecule has 1 aromatic heterocycles. The maximum atomic E-state index is 12.1. The molecule has 0 aliphatic rings. The summed E-state index contributed by atoms with van der Waals surface area (Å²) in [5.74, 6) is -0.0740. The minimum Gasteiger partial charge on any atom is -0.494 e. The summed E-state index contributed by atoms with van der Waals surface area (Å²) in [6.45, 7) is 12.1. The molecule has 0 fully saturated rings. The van der Waals surface area contributed by atoms with Crippen LogP contribution < -0.4 is 10.6 Å². The highest BCUT2D eigenvalue weighted by molar-refractivity contribution is 14.1. The van der Waals surface area contributed by atoms with Crippen LogP contribution in [0.3, 0.4) is 0 Å². The van der Waals surface area contributed by atoms with Gasteiger partial charge in [-0.25, -0.2) is 0 Å². The number of halogens is 1. The minimum atomic E-state index is -0.229. The van der Waals surface area contributed by atoms with E-state index in [0.29, 0.717) is 26.3 Å². The van der Waals surface area contributed by atoms with E-state index in [1.807, 2.05) is 34.6 Å². The van der Waals surface area contributed by atoms with Gasteiger partial charge in [0.15, 0.2) is 5.88 Å². The van der Waals surface area contributed by atoms with Crippen LogP contribution in [0.2, 0.25) is 0 Å². The molecule has 0 aromatic carbocycles. The second kappa shape index (κ2) is 9.59. The third-order valence-electron chi connectivity index (χ3n) is 3.78. The second-order valence-electron chi connectivity index (χ2n) is 8.23. The molecule has 0 bridgehead atoms. The summed E-state index contributed by atoms with van der Waals surface area (Å²) in [4.78, 5) is 23.1. The first-order valence-corrected chi connectivity index (χ1v) is 9.62. The molecule has 0 radical (unpaired) electrons. The normalized spacial score (nSPS) is 12.1. The Bertz CT molecular complexity index is 626. The summed E-state index contributed by atoms with van der Waals surface area (Å²) in [6, 6.07) is 1.62. The van der Waals surface area contributed by atoms with Gasteiger partial charge in [-0.3, -0.25) is 9.59 Å². The maximum absolute atomic E-state index is 12.1. The molecule has 2 amide bonds. The van der Waals surface area contributed by atoms with E-state index in [1.165, 1.54) is 4.57 Å². The summed E-state index contributed by atoms with van der Waals surface area (Å²) in [7, 11) is 0. The SMILES string of the molecule is Cc1cc(O)n(CC(=O)NCC(C)(C)COCC(C)(C)CNC(=O)I)c1. The van der Waals surface area contributed by atoms with Gasteiger partial charge in [-0.1, -0.05) is 27.7 Å². The standard InChI is InChI=1S/C18H30IN3O4/c1-13-6-15(24)22(7-13)8-14(23)20-9-17(2,3)11-26-12-18(4,5)10-21-16(19)25/h6-7,24H,8-12H2,1-5H3,(H,20,23)(H,21,25). The lowest BCUT2D eigenvalue weighted by molar-refractivity contribution is -0.122. The van der Waals surface area contributed by atoms with Crippen LogP contribution >= 0.6 is 22.6 Å². The van der Waals surface area contributed by atoms with Crippen LogP contribution in [0, 0.1) is 17.8 Å². The molecule has 0 spiro atoms. The van der Waals surface area contributed by atoms with Crippen molar-refractivity contribution in [2.24, 2.45) is 10.8 Å². The summed E-state index contributed by atoms with van der Waals surface area (Å²) in [6.07, 6.45) is 1.74. The number of amides is 2. The molecule has 26 heavy (non-hydrogen) atoms. The number of hydrogen-bond donors (Lipinski definition) is 3. The van der Waals surface area contributed by atoms with Crippen molar-refractivity contribution in [3.8, 4) is 5.88 Å². The van der Waals surface area contributed by atoms with Gasteiger partial charge in [0, 0.05) is 58.8 Å². The molecule has 1 heterocycles. The Morgan fingerprint density at radius 2 is 1.69 bits per heavy atom. The number of aryl methyl sites for hydroxylation is 1. The molecular weight excluding hydrogens is 449 g/mol. The van der Waals surface area contributed by atoms with Gasteiger partial charge < -0.3 is 25.0 Å². The van der Waals surface area contributed by atoms with E-state index in [2.05, 4.69) is 10.6 Å². The maximum Gasteiger partial charge on any atom is 0.280 e. The molecule has 0 atom stereocenters. The quantitative estimate of drug-likeness (QED) is 0.274. The van der Waals surface area contributed by atoms with Crippen molar-refractivity contribution in [3.63, 3.8) is 0 Å². The highest BCUT2D eigenvalue weighted by atomic mass is 127. The zero-order valence-electron chi connectivity index (χ0n) is 16.2. The fraction of sp³-hybridized carbons (Fsp3) is 0.667. The number of rotatable bonds is 10. The van der Waals surface area contributed by atoms with Crippen molar-refractivity contribution in [3.05, 3.63) is 17.8 Å². The summed E-state index contributed by atoms with van der Waals surface area (Å²) in [5, 5.41) is 15.4. The van der Waals surface area contributed by atoms with Crippen molar-refractivity contribution in [2.45, 2.75) is 41.2 Å². The van der Waals surface area contributed by atoms with E-state index in [-0.39, 0.29) is 33.1 Å². The highest BCUT2D eigenvalue weighted by Gasteiger charge is 2.23. The Morgan fingerprint density at radius 1 is 1.15 bits per heavy atom. The summed E-state index contributed by atoms with van der Waals surface area (Å²) >= 11 is 1.71. The average Bonchev–Trinajstić information content (AvgIpc) is 2.81. The third kappa shape index (κ3) is 8.88. The van der Waals surface area contributed by atoms with Crippen LogP contribution in [0.4, 0.5) is 4.79 Å². The number of aromatic nitrogens is 1. The molecule has 8 heteroatoms. The largest absolute Gasteiger partial charge is 0.494 e. The number of nitrogens with one attached hydrogen (secondary N) is 2. The topological polar surface area (TPSA) is 92.6 Å². The highest BCUT2D eigenvalue weighted by Crippen LogP contribution is 2.19. The van der Waals surface area contributed by atoms with Crippen molar-refractivity contribution in [1.82, 2.24) is 15.2 Å². The number of hydrogen-bond acceptors (Lipinski definition) is 4. The fourth-order valence-electron chi connectivity index (χ4n) is 2.33. The van der Waals surface area contributed by atoms with Gasteiger partial charge in [0.05, 0.1) is 13.2 Å². The third-order valence-corrected chi connectivity index (χ3v) is 4.16. The van der Waals surface area contributed by atoms with Gasteiger partial charge >= 0.3 is 0 Å². The average molecular weight is 479 g/mol. The Balaban J connectivity index is 2.35. The van der Waals surface area contributed by atoms with E-state index in [4.69, 9.17) is 4.74 Å². The first kappa shape index (κ1) is 22.8. The van der Waals surface area contributed by atoms with E-state index in [0.717, 1.165) is 5.56 Å². The van der Waals surface area contributed by atoms with E-state index < -0.39 is 0 Å². The smallest absolute Gasteiger partial charge is 0.280 e. The van der Waals surface area contributed by atoms with Crippen LogP contribution in [0.1, 0.15) is 33.3 Å². The molecule has 0 aliphatic carbocycles. The molecule has 3 N–H and O–H groups in total. The Labute approximate surface area is 169 Å². The fourth-order valence-corrected chi connectivity index (χ4v) is 2.52. The van der Waals surface area contributed by atoms with Gasteiger partial charge in [-0.15, -0.1) is 0 Å². The van der Waals surface area contributed by atoms with Gasteiger partial charge in [0.1, 0.15) is 6.54 Å². The number of aromatic hydroxyl groups is 1. The monoisotopic (exact) mass is 479 g/mol. The molecule has 0 aliphatic heterocycles. The van der Waals surface area contributed by atoms with Crippen molar-refractivity contribution in [2.75, 3.05) is 26.3 Å². The lowest BCUT2D eigenvalue weighted by Crippen LogP contribution is -2.40. The van der Waals surface area contributed by atoms with Crippen molar-refractivity contribution in [1.29, 1.82) is 0 Å². The molecule has 0 saturated heterocycles. The lowest BCUT2D eigenvalue weighted by atomic mass is 9.93. The van der Waals surface area contributed by atoms with Crippen LogP contribution in [0.15, 0.2) is 12.3 Å². The zero-order chi connectivity index (χ0) is 20.0. The van der Waals surface area contributed by atoms with Gasteiger partial charge in [-0.2, -0.15) is 0 Å². The first-order chi connectivity index (χ1) is 11.9. The summed E-state index contributed by atoms with van der Waals surface area (Å²) in [5.41, 5.74) is 0.516. The van der Waals surface area contributed by atoms with Crippen LogP contribution in [-0.2, 0) is 16.1 Å². The molecular formula is C18H30IN3O4. The van der Waals surface area contributed by atoms with Crippen LogP contribution in [0.25, 0.3) is 0 Å². The summed E-state index contributed by atoms with van der Waals surface area (Å²) < 4.78 is 7.25. The van der Waals surface area contributed by atoms with Gasteiger partial charge in [-0.05, 0) is 12.5 Å².